The van der Waals surface area contributed by atoms with Gasteiger partial charge in [-0.2, -0.15) is 0 Å². The molecule has 3 N–H and O–H groups in total. The van der Waals surface area contributed by atoms with Crippen molar-refractivity contribution in [2.24, 2.45) is 0 Å². The average Bonchev–Trinajstić information content (AvgIpc) is 2.37. The van der Waals surface area contributed by atoms with Crippen molar-refractivity contribution in [2.75, 3.05) is 13.7 Å². The van der Waals surface area contributed by atoms with E-state index in [1.807, 2.05) is 6.92 Å². The molecule has 5 heteroatoms. The quantitative estimate of drug-likeness (QED) is 0.674. The summed E-state index contributed by atoms with van der Waals surface area (Å²) in [5.41, 5.74) is 0. The molecule has 0 spiro atoms. The Morgan fingerprint density at radius 2 is 2.17 bits per heavy atom. The number of carbonyl (C=O) groups is 1. The molecule has 2 amide bonds. The first-order chi connectivity index (χ1) is 8.67. The maximum atomic E-state index is 11.7. The van der Waals surface area contributed by atoms with Crippen molar-refractivity contribution in [2.45, 2.75) is 63.7 Å². The van der Waals surface area contributed by atoms with Crippen molar-refractivity contribution in [3.05, 3.63) is 0 Å². The normalized spacial score (nSPS) is 25.5. The monoisotopic (exact) mass is 258 g/mol. The number of rotatable bonds is 6. The minimum absolute atomic E-state index is 0.0899. The minimum atomic E-state index is -0.453. The summed E-state index contributed by atoms with van der Waals surface area (Å²) in [6.45, 7) is 2.32. The molecule has 3 atom stereocenters. The molecule has 0 heterocycles. The van der Waals surface area contributed by atoms with Crippen LogP contribution in [0.4, 0.5) is 4.79 Å². The highest BCUT2D eigenvalue weighted by Gasteiger charge is 2.26. The van der Waals surface area contributed by atoms with Crippen LogP contribution in [-0.2, 0) is 4.74 Å². The minimum Gasteiger partial charge on any atom is -0.391 e. The zero-order valence-electron chi connectivity index (χ0n) is 11.4. The molecule has 0 aromatic rings. The lowest BCUT2D eigenvalue weighted by molar-refractivity contribution is 0.0450. The van der Waals surface area contributed by atoms with Crippen LogP contribution in [0.25, 0.3) is 0 Å². The van der Waals surface area contributed by atoms with Crippen LogP contribution < -0.4 is 10.6 Å². The zero-order valence-corrected chi connectivity index (χ0v) is 11.4. The second-order valence-electron chi connectivity index (χ2n) is 4.96. The fourth-order valence-electron chi connectivity index (χ4n) is 2.41. The first-order valence-electron chi connectivity index (χ1n) is 6.92. The van der Waals surface area contributed by atoms with E-state index in [1.54, 1.807) is 7.11 Å². The van der Waals surface area contributed by atoms with Crippen molar-refractivity contribution >= 4 is 6.03 Å². The van der Waals surface area contributed by atoms with Crippen LogP contribution in [0.1, 0.15) is 45.4 Å². The Labute approximate surface area is 109 Å². The molecule has 0 saturated heterocycles. The van der Waals surface area contributed by atoms with Gasteiger partial charge >= 0.3 is 6.03 Å². The summed E-state index contributed by atoms with van der Waals surface area (Å²) in [5, 5.41) is 15.2. The van der Waals surface area contributed by atoms with Crippen molar-refractivity contribution in [1.82, 2.24) is 10.6 Å². The molecule has 5 nitrogen and oxygen atoms in total. The molecule has 1 aliphatic rings. The number of carbonyl (C=O) groups excluding carboxylic acids is 1. The number of methoxy groups -OCH3 is 1. The summed E-state index contributed by atoms with van der Waals surface area (Å²) in [7, 11) is 1.69. The van der Waals surface area contributed by atoms with Crippen LogP contribution in [0.15, 0.2) is 0 Å². The summed E-state index contributed by atoms with van der Waals surface area (Å²) in [5.74, 6) is 0. The zero-order chi connectivity index (χ0) is 13.4. The van der Waals surface area contributed by atoms with E-state index >= 15 is 0 Å². The van der Waals surface area contributed by atoms with E-state index < -0.39 is 6.10 Å². The van der Waals surface area contributed by atoms with Gasteiger partial charge in [-0.1, -0.05) is 26.2 Å². The number of hydrogen-bond acceptors (Lipinski definition) is 3. The van der Waals surface area contributed by atoms with Gasteiger partial charge in [-0.05, 0) is 19.3 Å². The summed E-state index contributed by atoms with van der Waals surface area (Å²) >= 11 is 0. The van der Waals surface area contributed by atoms with Gasteiger partial charge < -0.3 is 20.5 Å². The van der Waals surface area contributed by atoms with Crippen molar-refractivity contribution < 1.29 is 14.6 Å². The Morgan fingerprint density at radius 3 is 2.83 bits per heavy atom. The fraction of sp³-hybridized carbons (Fsp3) is 0.923. The van der Waals surface area contributed by atoms with Gasteiger partial charge in [-0.25, -0.2) is 4.79 Å². The summed E-state index contributed by atoms with van der Waals surface area (Å²) in [6, 6.07) is -0.119. The molecule has 0 aromatic carbocycles. The lowest BCUT2D eigenvalue weighted by atomic mass is 9.92. The van der Waals surface area contributed by atoms with Crippen LogP contribution in [0.2, 0.25) is 0 Å². The second kappa shape index (κ2) is 8.32. The molecule has 1 rings (SSSR count). The highest BCUT2D eigenvalue weighted by molar-refractivity contribution is 5.74. The number of hydrogen-bond donors (Lipinski definition) is 3. The maximum Gasteiger partial charge on any atom is 0.315 e. The van der Waals surface area contributed by atoms with E-state index in [1.165, 1.54) is 0 Å². The Morgan fingerprint density at radius 1 is 1.44 bits per heavy atom. The van der Waals surface area contributed by atoms with Gasteiger partial charge in [0.25, 0.3) is 0 Å². The molecule has 0 aliphatic heterocycles. The van der Waals surface area contributed by atoms with Crippen LogP contribution >= 0.6 is 0 Å². The van der Waals surface area contributed by atoms with Gasteiger partial charge in [0.1, 0.15) is 0 Å². The Bertz CT molecular complexity index is 248. The third kappa shape index (κ3) is 5.23. The van der Waals surface area contributed by atoms with Gasteiger partial charge in [0.05, 0.1) is 18.2 Å². The van der Waals surface area contributed by atoms with Crippen LogP contribution in [0.5, 0.6) is 0 Å². The number of ether oxygens (including phenoxy) is 1. The second-order valence-corrected chi connectivity index (χ2v) is 4.96. The predicted molar refractivity (Wildman–Crippen MR) is 70.5 cm³/mol. The molecule has 1 saturated carbocycles. The molecular weight excluding hydrogens is 232 g/mol. The van der Waals surface area contributed by atoms with E-state index in [9.17, 15) is 9.90 Å². The standard InChI is InChI=1S/C13H26N2O3/c1-3-6-10(16)9-14-13(17)15-11-7-4-5-8-12(11)18-2/h10-12,16H,3-9H2,1-2H3,(H2,14,15,17). The molecule has 0 aromatic heterocycles. The molecule has 18 heavy (non-hydrogen) atoms. The van der Waals surface area contributed by atoms with E-state index in [4.69, 9.17) is 4.74 Å². The molecular formula is C13H26N2O3. The van der Waals surface area contributed by atoms with E-state index in [2.05, 4.69) is 10.6 Å². The molecule has 3 unspecified atom stereocenters. The Kier molecular flexibility index (Phi) is 7.05. The number of aliphatic hydroxyl groups excluding tert-OH is 1. The highest BCUT2D eigenvalue weighted by atomic mass is 16.5. The van der Waals surface area contributed by atoms with E-state index in [0.29, 0.717) is 13.0 Å². The molecule has 0 radical (unpaired) electrons. The lowest BCUT2D eigenvalue weighted by Gasteiger charge is -2.31. The molecule has 1 fully saturated rings. The third-order valence-corrected chi connectivity index (χ3v) is 3.44. The molecule has 1 aliphatic carbocycles. The van der Waals surface area contributed by atoms with Crippen molar-refractivity contribution in [3.63, 3.8) is 0 Å². The average molecular weight is 258 g/mol. The SMILES string of the molecule is CCCC(O)CNC(=O)NC1CCCCC1OC. The number of nitrogens with one attached hydrogen (secondary N) is 2. The van der Waals surface area contributed by atoms with Gasteiger partial charge in [0.15, 0.2) is 0 Å². The Balaban J connectivity index is 2.25. The van der Waals surface area contributed by atoms with Crippen LogP contribution in [0, 0.1) is 0 Å². The van der Waals surface area contributed by atoms with Gasteiger partial charge in [-0.3, -0.25) is 0 Å². The van der Waals surface area contributed by atoms with Crippen molar-refractivity contribution in [3.8, 4) is 0 Å². The van der Waals surface area contributed by atoms with Crippen LogP contribution in [0.3, 0.4) is 0 Å². The first-order valence-corrected chi connectivity index (χ1v) is 6.92. The van der Waals surface area contributed by atoms with Crippen molar-refractivity contribution in [1.29, 1.82) is 0 Å². The summed E-state index contributed by atoms with van der Waals surface area (Å²) in [4.78, 5) is 11.7. The smallest absolute Gasteiger partial charge is 0.315 e. The predicted octanol–water partition coefficient (Wildman–Crippen LogP) is 1.40. The van der Waals surface area contributed by atoms with Gasteiger partial charge in [-0.15, -0.1) is 0 Å². The number of urea groups is 1. The number of aliphatic hydroxyl groups is 1. The maximum absolute atomic E-state index is 11.7. The highest BCUT2D eigenvalue weighted by Crippen LogP contribution is 2.20. The van der Waals surface area contributed by atoms with Crippen LogP contribution in [-0.4, -0.2) is 43.0 Å². The van der Waals surface area contributed by atoms with E-state index in [-0.39, 0.29) is 18.2 Å². The number of amides is 2. The largest absolute Gasteiger partial charge is 0.391 e. The lowest BCUT2D eigenvalue weighted by Crippen LogP contribution is -2.50. The first kappa shape index (κ1) is 15.2. The summed E-state index contributed by atoms with van der Waals surface area (Å²) < 4.78 is 5.38. The topological polar surface area (TPSA) is 70.6 Å². The van der Waals surface area contributed by atoms with E-state index in [0.717, 1.165) is 32.1 Å². The van der Waals surface area contributed by atoms with Gasteiger partial charge in [0.2, 0.25) is 0 Å². The van der Waals surface area contributed by atoms with Gasteiger partial charge in [0, 0.05) is 13.7 Å². The summed E-state index contributed by atoms with van der Waals surface area (Å²) in [6.07, 6.45) is 5.54. The fourth-order valence-corrected chi connectivity index (χ4v) is 2.41. The Hall–Kier alpha value is -0.810. The third-order valence-electron chi connectivity index (χ3n) is 3.44. The molecule has 106 valence electrons. The molecule has 0 bridgehead atoms.